The van der Waals surface area contributed by atoms with Crippen LogP contribution >= 0.6 is 0 Å². The molecule has 0 aliphatic carbocycles. The molecule has 1 aromatic rings. The van der Waals surface area contributed by atoms with E-state index in [0.29, 0.717) is 5.75 Å². The lowest BCUT2D eigenvalue weighted by molar-refractivity contribution is -0.147. The van der Waals surface area contributed by atoms with E-state index in [1.54, 1.807) is 6.92 Å². The maximum Gasteiger partial charge on any atom is 0.346 e. The van der Waals surface area contributed by atoms with Crippen LogP contribution in [0, 0.1) is 6.92 Å². The molecule has 2 N–H and O–H groups in total. The number of nitrogens with two attached hydrogens (primary N) is 1. The second kappa shape index (κ2) is 7.14. The highest BCUT2D eigenvalue weighted by Gasteiger charge is 2.17. The lowest BCUT2D eigenvalue weighted by Gasteiger charge is -2.18. The second-order valence-corrected chi connectivity index (χ2v) is 4.77. The maximum atomic E-state index is 11.4. The molecule has 19 heavy (non-hydrogen) atoms. The second-order valence-electron chi connectivity index (χ2n) is 4.77. The fourth-order valence-corrected chi connectivity index (χ4v) is 1.81. The molecule has 1 rings (SSSR count). The topological polar surface area (TPSA) is 61.5 Å². The molecule has 0 spiro atoms. The summed E-state index contributed by atoms with van der Waals surface area (Å²) in [5.41, 5.74) is 8.18. The average molecular weight is 265 g/mol. The van der Waals surface area contributed by atoms with Crippen LogP contribution in [0.5, 0.6) is 5.75 Å². The van der Waals surface area contributed by atoms with Crippen LogP contribution in [0.1, 0.15) is 31.4 Å². The molecule has 4 heteroatoms. The first-order valence-corrected chi connectivity index (χ1v) is 6.57. The molecule has 1 aromatic carbocycles. The molecule has 0 aliphatic rings. The average Bonchev–Trinajstić information content (AvgIpc) is 2.40. The molecule has 0 aromatic heterocycles. The molecular formula is C15H23NO3. The Morgan fingerprint density at radius 2 is 2.11 bits per heavy atom. The lowest BCUT2D eigenvalue weighted by Crippen LogP contribution is -2.26. The van der Waals surface area contributed by atoms with Gasteiger partial charge in [0.1, 0.15) is 5.75 Å². The maximum absolute atomic E-state index is 11.4. The van der Waals surface area contributed by atoms with Crippen LogP contribution in [0.3, 0.4) is 0 Å². The number of rotatable bonds is 6. The standard InChI is InChI=1S/C15H23NO3/c1-5-13(16)9-12-8-10(2)6-7-14(12)19-11(3)15(17)18-4/h6-8,11,13H,5,9,16H2,1-4H3. The van der Waals surface area contributed by atoms with Gasteiger partial charge in [-0.15, -0.1) is 0 Å². The first-order valence-electron chi connectivity index (χ1n) is 6.57. The summed E-state index contributed by atoms with van der Waals surface area (Å²) in [6, 6.07) is 5.99. The molecule has 2 unspecified atom stereocenters. The molecular weight excluding hydrogens is 242 g/mol. The molecule has 0 aliphatic heterocycles. The quantitative estimate of drug-likeness (QED) is 0.801. The number of benzene rings is 1. The zero-order valence-corrected chi connectivity index (χ0v) is 12.1. The molecule has 4 nitrogen and oxygen atoms in total. The van der Waals surface area contributed by atoms with Gasteiger partial charge in [-0.25, -0.2) is 4.79 Å². The Labute approximate surface area is 114 Å². The zero-order valence-electron chi connectivity index (χ0n) is 12.1. The van der Waals surface area contributed by atoms with Crippen LogP contribution in [0.4, 0.5) is 0 Å². The van der Waals surface area contributed by atoms with Crippen molar-refractivity contribution in [3.63, 3.8) is 0 Å². The van der Waals surface area contributed by atoms with Crippen molar-refractivity contribution in [3.8, 4) is 5.75 Å². The van der Waals surface area contributed by atoms with Gasteiger partial charge in [0, 0.05) is 6.04 Å². The van der Waals surface area contributed by atoms with E-state index in [9.17, 15) is 4.79 Å². The van der Waals surface area contributed by atoms with Crippen LogP contribution in [-0.4, -0.2) is 25.2 Å². The molecule has 106 valence electrons. The van der Waals surface area contributed by atoms with E-state index in [-0.39, 0.29) is 12.0 Å². The number of carbonyl (C=O) groups excluding carboxylic acids is 1. The van der Waals surface area contributed by atoms with Crippen molar-refractivity contribution in [2.24, 2.45) is 5.73 Å². The highest BCUT2D eigenvalue weighted by Crippen LogP contribution is 2.23. The Bertz CT molecular complexity index is 431. The summed E-state index contributed by atoms with van der Waals surface area (Å²) in [4.78, 5) is 11.4. The molecule has 0 amide bonds. The van der Waals surface area contributed by atoms with E-state index in [0.717, 1.165) is 24.0 Å². The van der Waals surface area contributed by atoms with Crippen LogP contribution in [-0.2, 0) is 16.0 Å². The zero-order chi connectivity index (χ0) is 14.4. The Balaban J connectivity index is 2.90. The van der Waals surface area contributed by atoms with Gasteiger partial charge in [-0.2, -0.15) is 0 Å². The van der Waals surface area contributed by atoms with Crippen LogP contribution in [0.2, 0.25) is 0 Å². The molecule has 0 fully saturated rings. The van der Waals surface area contributed by atoms with E-state index in [2.05, 4.69) is 17.7 Å². The molecule has 2 atom stereocenters. The van der Waals surface area contributed by atoms with Crippen LogP contribution in [0.15, 0.2) is 18.2 Å². The summed E-state index contributed by atoms with van der Waals surface area (Å²) >= 11 is 0. The van der Waals surface area contributed by atoms with Crippen molar-refractivity contribution in [2.45, 2.75) is 45.8 Å². The summed E-state index contributed by atoms with van der Waals surface area (Å²) in [6.07, 6.45) is 1.02. The number of hydrogen-bond donors (Lipinski definition) is 1. The van der Waals surface area contributed by atoms with Gasteiger partial charge in [0.2, 0.25) is 0 Å². The fourth-order valence-electron chi connectivity index (χ4n) is 1.81. The van der Waals surface area contributed by atoms with Gasteiger partial charge in [0.05, 0.1) is 7.11 Å². The molecule has 0 saturated carbocycles. The van der Waals surface area contributed by atoms with Crippen molar-refractivity contribution in [1.82, 2.24) is 0 Å². The smallest absolute Gasteiger partial charge is 0.346 e. The highest BCUT2D eigenvalue weighted by molar-refractivity contribution is 5.74. The van der Waals surface area contributed by atoms with Gasteiger partial charge in [-0.05, 0) is 38.3 Å². The first kappa shape index (κ1) is 15.5. The third-order valence-electron chi connectivity index (χ3n) is 3.06. The summed E-state index contributed by atoms with van der Waals surface area (Å²) in [6.45, 7) is 5.75. The summed E-state index contributed by atoms with van der Waals surface area (Å²) in [5.74, 6) is 0.318. The predicted molar refractivity (Wildman–Crippen MR) is 75.3 cm³/mol. The van der Waals surface area contributed by atoms with Crippen LogP contribution < -0.4 is 10.5 Å². The Kier molecular flexibility index (Phi) is 5.83. The number of hydrogen-bond acceptors (Lipinski definition) is 4. The Hall–Kier alpha value is -1.55. The predicted octanol–water partition coefficient (Wildman–Crippen LogP) is 2.22. The van der Waals surface area contributed by atoms with E-state index in [1.165, 1.54) is 7.11 Å². The first-order chi connectivity index (χ1) is 8.97. The van der Waals surface area contributed by atoms with Crippen molar-refractivity contribution < 1.29 is 14.3 Å². The van der Waals surface area contributed by atoms with E-state index < -0.39 is 6.10 Å². The normalized spacial score (nSPS) is 13.7. The van der Waals surface area contributed by atoms with Gasteiger partial charge in [-0.1, -0.05) is 24.6 Å². The van der Waals surface area contributed by atoms with Gasteiger partial charge in [-0.3, -0.25) is 0 Å². The summed E-state index contributed by atoms with van der Waals surface area (Å²) in [7, 11) is 1.35. The van der Waals surface area contributed by atoms with Crippen molar-refractivity contribution >= 4 is 5.97 Å². The van der Waals surface area contributed by atoms with E-state index in [1.807, 2.05) is 19.1 Å². The monoisotopic (exact) mass is 265 g/mol. The largest absolute Gasteiger partial charge is 0.479 e. The van der Waals surface area contributed by atoms with Gasteiger partial charge in [0.15, 0.2) is 6.10 Å². The highest BCUT2D eigenvalue weighted by atomic mass is 16.6. The van der Waals surface area contributed by atoms with Gasteiger partial charge in [0.25, 0.3) is 0 Å². The lowest BCUT2D eigenvalue weighted by atomic mass is 10.0. The number of methoxy groups -OCH3 is 1. The van der Waals surface area contributed by atoms with E-state index >= 15 is 0 Å². The molecule has 0 saturated heterocycles. The Morgan fingerprint density at radius 3 is 2.68 bits per heavy atom. The number of aryl methyl sites for hydroxylation is 1. The number of ether oxygens (including phenoxy) is 2. The SMILES string of the molecule is CCC(N)Cc1cc(C)ccc1OC(C)C(=O)OC. The summed E-state index contributed by atoms with van der Waals surface area (Å²) in [5, 5.41) is 0. The van der Waals surface area contributed by atoms with Crippen molar-refractivity contribution in [2.75, 3.05) is 7.11 Å². The number of carbonyl (C=O) groups is 1. The van der Waals surface area contributed by atoms with Crippen LogP contribution in [0.25, 0.3) is 0 Å². The molecule has 0 heterocycles. The Morgan fingerprint density at radius 1 is 1.42 bits per heavy atom. The minimum absolute atomic E-state index is 0.0950. The van der Waals surface area contributed by atoms with Gasteiger partial charge < -0.3 is 15.2 Å². The minimum Gasteiger partial charge on any atom is -0.479 e. The third kappa shape index (κ3) is 4.56. The summed E-state index contributed by atoms with van der Waals surface area (Å²) < 4.78 is 10.3. The van der Waals surface area contributed by atoms with E-state index in [4.69, 9.17) is 10.5 Å². The number of esters is 1. The molecule has 0 bridgehead atoms. The van der Waals surface area contributed by atoms with Crippen molar-refractivity contribution in [1.29, 1.82) is 0 Å². The molecule has 0 radical (unpaired) electrons. The fraction of sp³-hybridized carbons (Fsp3) is 0.533. The van der Waals surface area contributed by atoms with Gasteiger partial charge >= 0.3 is 5.97 Å². The van der Waals surface area contributed by atoms with Crippen molar-refractivity contribution in [3.05, 3.63) is 29.3 Å². The minimum atomic E-state index is -0.621. The third-order valence-corrected chi connectivity index (χ3v) is 3.06.